The van der Waals surface area contributed by atoms with Gasteiger partial charge in [-0.25, -0.2) is 17.6 Å². The summed E-state index contributed by atoms with van der Waals surface area (Å²) >= 11 is 0. The lowest BCUT2D eigenvalue weighted by atomic mass is 10.3. The van der Waals surface area contributed by atoms with Gasteiger partial charge in [0.1, 0.15) is 5.82 Å². The van der Waals surface area contributed by atoms with Gasteiger partial charge in [0.05, 0.1) is 0 Å². The summed E-state index contributed by atoms with van der Waals surface area (Å²) in [6, 6.07) is 2.54. The monoisotopic (exact) mass is 296 g/mol. The van der Waals surface area contributed by atoms with Crippen molar-refractivity contribution in [2.75, 3.05) is 0 Å². The summed E-state index contributed by atoms with van der Waals surface area (Å²) in [5.41, 5.74) is 0. The summed E-state index contributed by atoms with van der Waals surface area (Å²) in [4.78, 5) is 0. The van der Waals surface area contributed by atoms with Crippen LogP contribution in [0, 0.1) is 34.9 Å². The molecule has 0 radical (unpaired) electrons. The molecule has 0 saturated heterocycles. The largest absolute Gasteiger partial charge is 0.505 e. The van der Waals surface area contributed by atoms with Gasteiger partial charge in [-0.15, -0.1) is 0 Å². The molecular weight excluding hydrogens is 290 g/mol. The molecule has 0 aliphatic heterocycles. The Hall–Kier alpha value is -2.38. The molecule has 2 rings (SSSR count). The molecule has 0 aliphatic rings. The standard InChI is InChI=1S/C6H2F4O.C6H4F2O/c7-2-1-3(8)5(10)6(11)4(2)9;7-4-1-2-5(8)6(9)3-4/h1,11H;1-3,9H. The average molecular weight is 296 g/mol. The van der Waals surface area contributed by atoms with Crippen LogP contribution in [-0.2, 0) is 0 Å². The van der Waals surface area contributed by atoms with Crippen molar-refractivity contribution >= 4 is 0 Å². The summed E-state index contributed by atoms with van der Waals surface area (Å²) in [6.45, 7) is 0. The Morgan fingerprint density at radius 1 is 0.650 bits per heavy atom. The fourth-order valence-electron chi connectivity index (χ4n) is 1.05. The maximum absolute atomic E-state index is 12.1. The first-order valence-electron chi connectivity index (χ1n) is 4.90. The Kier molecular flexibility index (Phi) is 4.84. The van der Waals surface area contributed by atoms with Crippen molar-refractivity contribution in [3.8, 4) is 11.5 Å². The molecule has 2 N–H and O–H groups in total. The van der Waals surface area contributed by atoms with Gasteiger partial charge in [-0.2, -0.15) is 8.78 Å². The second-order valence-corrected chi connectivity index (χ2v) is 3.41. The highest BCUT2D eigenvalue weighted by Crippen LogP contribution is 2.24. The van der Waals surface area contributed by atoms with Crippen LogP contribution in [0.2, 0.25) is 0 Å². The molecule has 2 aromatic carbocycles. The molecule has 2 aromatic rings. The third kappa shape index (κ3) is 3.56. The molecule has 0 unspecified atom stereocenters. The molecule has 0 atom stereocenters. The van der Waals surface area contributed by atoms with Crippen LogP contribution in [0.1, 0.15) is 0 Å². The zero-order valence-electron chi connectivity index (χ0n) is 9.47. The van der Waals surface area contributed by atoms with Crippen molar-refractivity contribution in [1.29, 1.82) is 0 Å². The fourth-order valence-corrected chi connectivity index (χ4v) is 1.05. The summed E-state index contributed by atoms with van der Waals surface area (Å²) in [6.07, 6.45) is 0. The van der Waals surface area contributed by atoms with Crippen molar-refractivity contribution in [3.05, 3.63) is 59.2 Å². The van der Waals surface area contributed by atoms with E-state index in [1.807, 2.05) is 0 Å². The van der Waals surface area contributed by atoms with Gasteiger partial charge < -0.3 is 10.2 Å². The maximum Gasteiger partial charge on any atom is 0.203 e. The Morgan fingerprint density at radius 2 is 1.15 bits per heavy atom. The van der Waals surface area contributed by atoms with Gasteiger partial charge in [0.15, 0.2) is 29.0 Å². The lowest BCUT2D eigenvalue weighted by Crippen LogP contribution is -1.92. The first-order chi connectivity index (χ1) is 9.23. The Bertz CT molecular complexity index is 604. The third-order valence-corrected chi connectivity index (χ3v) is 2.00. The topological polar surface area (TPSA) is 40.5 Å². The number of aromatic hydroxyl groups is 2. The summed E-state index contributed by atoms with van der Waals surface area (Å²) < 4.78 is 72.5. The highest BCUT2D eigenvalue weighted by molar-refractivity contribution is 5.26. The van der Waals surface area contributed by atoms with E-state index in [0.29, 0.717) is 0 Å². The van der Waals surface area contributed by atoms with Crippen LogP contribution in [0.3, 0.4) is 0 Å². The van der Waals surface area contributed by atoms with E-state index in [-0.39, 0.29) is 6.07 Å². The molecule has 0 aromatic heterocycles. The van der Waals surface area contributed by atoms with Crippen molar-refractivity contribution in [2.24, 2.45) is 0 Å². The fraction of sp³-hybridized carbons (Fsp3) is 0. The second kappa shape index (κ2) is 6.18. The van der Waals surface area contributed by atoms with Crippen LogP contribution in [-0.4, -0.2) is 10.2 Å². The normalized spacial score (nSPS) is 9.90. The summed E-state index contributed by atoms with van der Waals surface area (Å²) in [5, 5.41) is 16.8. The SMILES string of the molecule is Oc1c(F)c(F)cc(F)c1F.Oc1cc(F)ccc1F. The Balaban J connectivity index is 0.000000204. The van der Waals surface area contributed by atoms with Crippen LogP contribution in [0.4, 0.5) is 26.3 Å². The third-order valence-electron chi connectivity index (χ3n) is 2.00. The predicted octanol–water partition coefficient (Wildman–Crippen LogP) is 3.62. The highest BCUT2D eigenvalue weighted by Gasteiger charge is 2.17. The van der Waals surface area contributed by atoms with Crippen molar-refractivity contribution in [2.45, 2.75) is 0 Å². The molecule has 0 amide bonds. The Labute approximate surface area is 108 Å². The maximum atomic E-state index is 12.1. The average Bonchev–Trinajstić information content (AvgIpc) is 2.39. The van der Waals surface area contributed by atoms with Crippen LogP contribution >= 0.6 is 0 Å². The summed E-state index contributed by atoms with van der Waals surface area (Å²) in [7, 11) is 0. The first kappa shape index (κ1) is 15.7. The van der Waals surface area contributed by atoms with E-state index in [1.54, 1.807) is 0 Å². The number of rotatable bonds is 0. The zero-order valence-corrected chi connectivity index (χ0v) is 9.47. The van der Waals surface area contributed by atoms with E-state index in [9.17, 15) is 26.3 Å². The molecule has 0 aliphatic carbocycles. The Morgan fingerprint density at radius 3 is 1.55 bits per heavy atom. The molecule has 0 spiro atoms. The molecule has 20 heavy (non-hydrogen) atoms. The molecule has 0 saturated carbocycles. The quantitative estimate of drug-likeness (QED) is 0.576. The number of hydrogen-bond acceptors (Lipinski definition) is 2. The second-order valence-electron chi connectivity index (χ2n) is 3.41. The van der Waals surface area contributed by atoms with E-state index in [1.165, 1.54) is 0 Å². The van der Waals surface area contributed by atoms with E-state index in [4.69, 9.17) is 10.2 Å². The smallest absolute Gasteiger partial charge is 0.203 e. The number of benzene rings is 2. The van der Waals surface area contributed by atoms with Gasteiger partial charge >= 0.3 is 0 Å². The van der Waals surface area contributed by atoms with Gasteiger partial charge in [0, 0.05) is 12.1 Å². The van der Waals surface area contributed by atoms with E-state index >= 15 is 0 Å². The van der Waals surface area contributed by atoms with Crippen LogP contribution < -0.4 is 0 Å². The summed E-state index contributed by atoms with van der Waals surface area (Å²) in [5.74, 6) is -10.6. The number of phenols is 2. The van der Waals surface area contributed by atoms with Gasteiger partial charge in [0.25, 0.3) is 0 Å². The van der Waals surface area contributed by atoms with Crippen LogP contribution in [0.15, 0.2) is 24.3 Å². The van der Waals surface area contributed by atoms with Gasteiger partial charge in [-0.1, -0.05) is 0 Å². The van der Waals surface area contributed by atoms with Crippen LogP contribution in [0.5, 0.6) is 11.5 Å². The van der Waals surface area contributed by atoms with E-state index in [2.05, 4.69) is 0 Å². The van der Waals surface area contributed by atoms with E-state index < -0.39 is 46.4 Å². The lowest BCUT2D eigenvalue weighted by Gasteiger charge is -1.98. The van der Waals surface area contributed by atoms with E-state index in [0.717, 1.165) is 18.2 Å². The highest BCUT2D eigenvalue weighted by atomic mass is 19.2. The minimum absolute atomic E-state index is 0.0182. The lowest BCUT2D eigenvalue weighted by molar-refractivity contribution is 0.356. The molecule has 0 fully saturated rings. The molecular formula is C12H6F6O2. The van der Waals surface area contributed by atoms with Crippen molar-refractivity contribution in [1.82, 2.24) is 0 Å². The number of hydrogen-bond donors (Lipinski definition) is 2. The van der Waals surface area contributed by atoms with Gasteiger partial charge in [-0.3, -0.25) is 0 Å². The molecule has 8 heteroatoms. The molecule has 2 nitrogen and oxygen atoms in total. The van der Waals surface area contributed by atoms with Gasteiger partial charge in [-0.05, 0) is 12.1 Å². The zero-order chi connectivity index (χ0) is 15.4. The number of phenolic OH excluding ortho intramolecular Hbond substituents is 2. The molecule has 0 bridgehead atoms. The van der Waals surface area contributed by atoms with Gasteiger partial charge in [0.2, 0.25) is 11.6 Å². The number of halogens is 6. The molecule has 108 valence electrons. The van der Waals surface area contributed by atoms with Crippen molar-refractivity contribution < 1.29 is 36.6 Å². The first-order valence-corrected chi connectivity index (χ1v) is 4.90. The minimum atomic E-state index is -1.79. The molecule has 0 heterocycles. The minimum Gasteiger partial charge on any atom is -0.505 e. The van der Waals surface area contributed by atoms with Crippen LogP contribution in [0.25, 0.3) is 0 Å². The van der Waals surface area contributed by atoms with Crippen molar-refractivity contribution in [3.63, 3.8) is 0 Å². The predicted molar refractivity (Wildman–Crippen MR) is 56.0 cm³/mol.